The Kier molecular flexibility index (Phi) is 3.96. The van der Waals surface area contributed by atoms with Crippen molar-refractivity contribution in [3.8, 4) is 0 Å². The van der Waals surface area contributed by atoms with Crippen molar-refractivity contribution >= 4 is 38.2 Å². The van der Waals surface area contributed by atoms with Gasteiger partial charge in [0.25, 0.3) is 0 Å². The van der Waals surface area contributed by atoms with Crippen molar-refractivity contribution in [3.63, 3.8) is 0 Å². The van der Waals surface area contributed by atoms with Crippen LogP contribution in [0.5, 0.6) is 0 Å². The number of aryl methyl sites for hydroxylation is 1. The molecule has 4 heteroatoms. The van der Waals surface area contributed by atoms with Gasteiger partial charge >= 0.3 is 0 Å². The molecule has 0 aliphatic carbocycles. The Morgan fingerprint density at radius 3 is 2.85 bits per heavy atom. The van der Waals surface area contributed by atoms with E-state index >= 15 is 0 Å². The van der Waals surface area contributed by atoms with Crippen LogP contribution < -0.4 is 5.32 Å². The summed E-state index contributed by atoms with van der Waals surface area (Å²) in [6, 6.07) is 10.7. The minimum absolute atomic E-state index is 0.192. The molecule has 0 amide bonds. The number of rotatable bonds is 4. The fourth-order valence-corrected chi connectivity index (χ4v) is 3.92. The van der Waals surface area contributed by atoms with Crippen LogP contribution in [0, 0.1) is 6.92 Å². The lowest BCUT2D eigenvalue weighted by Crippen LogP contribution is -2.17. The van der Waals surface area contributed by atoms with Crippen LogP contribution in [-0.2, 0) is 6.42 Å². The second-order valence-corrected chi connectivity index (χ2v) is 6.78. The van der Waals surface area contributed by atoms with Crippen molar-refractivity contribution in [2.45, 2.75) is 19.4 Å². The molecule has 1 N–H and O–H groups in total. The second-order valence-electron chi connectivity index (χ2n) is 4.93. The number of hydrogen-bond donors (Lipinski definition) is 1. The standard InChI is InChI=1S/C16H16BrNOS/c1-10-3-4-14-11(7-10)8-15(19-14)13(18-2)9-16-12(17)5-6-20-16/h3-8,13,18H,9H2,1-2H3. The number of hydrogen-bond acceptors (Lipinski definition) is 3. The molecule has 2 nitrogen and oxygen atoms in total. The Morgan fingerprint density at radius 2 is 2.15 bits per heavy atom. The maximum Gasteiger partial charge on any atom is 0.134 e. The average Bonchev–Trinajstić information content (AvgIpc) is 3.01. The summed E-state index contributed by atoms with van der Waals surface area (Å²) >= 11 is 5.36. The first-order chi connectivity index (χ1) is 9.67. The molecule has 0 aliphatic rings. The van der Waals surface area contributed by atoms with Crippen molar-refractivity contribution in [2.24, 2.45) is 0 Å². The van der Waals surface area contributed by atoms with E-state index in [0.29, 0.717) is 0 Å². The van der Waals surface area contributed by atoms with Gasteiger partial charge in [0.1, 0.15) is 11.3 Å². The van der Waals surface area contributed by atoms with Gasteiger partial charge in [-0.25, -0.2) is 0 Å². The van der Waals surface area contributed by atoms with Gasteiger partial charge in [0.2, 0.25) is 0 Å². The number of likely N-dealkylation sites (N-methyl/N-ethyl adjacent to an activating group) is 1. The highest BCUT2D eigenvalue weighted by atomic mass is 79.9. The van der Waals surface area contributed by atoms with E-state index in [1.807, 2.05) is 13.1 Å². The molecule has 0 saturated carbocycles. The number of fused-ring (bicyclic) bond motifs is 1. The molecule has 0 radical (unpaired) electrons. The lowest BCUT2D eigenvalue weighted by Gasteiger charge is -2.12. The summed E-state index contributed by atoms with van der Waals surface area (Å²) < 4.78 is 7.17. The number of thiophene rings is 1. The Morgan fingerprint density at radius 1 is 1.30 bits per heavy atom. The summed E-state index contributed by atoms with van der Waals surface area (Å²) in [4.78, 5) is 1.33. The van der Waals surface area contributed by atoms with Gasteiger partial charge in [-0.05, 0) is 59.5 Å². The van der Waals surface area contributed by atoms with E-state index < -0.39 is 0 Å². The van der Waals surface area contributed by atoms with Gasteiger partial charge in [-0.2, -0.15) is 0 Å². The van der Waals surface area contributed by atoms with Crippen LogP contribution in [0.3, 0.4) is 0 Å². The van der Waals surface area contributed by atoms with E-state index in [-0.39, 0.29) is 6.04 Å². The Hall–Kier alpha value is -1.10. The van der Waals surface area contributed by atoms with Gasteiger partial charge < -0.3 is 9.73 Å². The zero-order valence-electron chi connectivity index (χ0n) is 11.4. The second kappa shape index (κ2) is 5.72. The van der Waals surface area contributed by atoms with Crippen molar-refractivity contribution in [3.05, 3.63) is 56.4 Å². The molecule has 0 aliphatic heterocycles. The van der Waals surface area contributed by atoms with Gasteiger partial charge in [0.05, 0.1) is 6.04 Å². The van der Waals surface area contributed by atoms with Crippen molar-refractivity contribution in [2.75, 3.05) is 7.05 Å². The predicted octanol–water partition coefficient (Wildman–Crippen LogP) is 5.07. The fraction of sp³-hybridized carbons (Fsp3) is 0.250. The molecular formula is C16H16BrNOS. The summed E-state index contributed by atoms with van der Waals surface area (Å²) in [5.41, 5.74) is 2.21. The summed E-state index contributed by atoms with van der Waals surface area (Å²) in [5.74, 6) is 0.994. The lowest BCUT2D eigenvalue weighted by atomic mass is 10.1. The fourth-order valence-electron chi connectivity index (χ4n) is 2.36. The number of halogens is 1. The first-order valence-corrected chi connectivity index (χ1v) is 8.24. The average molecular weight is 350 g/mol. The molecule has 3 rings (SSSR count). The number of nitrogens with one attached hydrogen (secondary N) is 1. The zero-order chi connectivity index (χ0) is 14.1. The van der Waals surface area contributed by atoms with Crippen LogP contribution in [0.1, 0.15) is 22.2 Å². The molecule has 3 aromatic rings. The largest absolute Gasteiger partial charge is 0.459 e. The highest BCUT2D eigenvalue weighted by Crippen LogP contribution is 2.31. The van der Waals surface area contributed by atoms with E-state index in [0.717, 1.165) is 17.8 Å². The highest BCUT2D eigenvalue weighted by Gasteiger charge is 2.17. The first kappa shape index (κ1) is 13.9. The normalized spacial score (nSPS) is 12.9. The summed E-state index contributed by atoms with van der Waals surface area (Å²) in [5, 5.41) is 6.63. The van der Waals surface area contributed by atoms with Crippen LogP contribution in [0.15, 0.2) is 44.6 Å². The van der Waals surface area contributed by atoms with Crippen molar-refractivity contribution in [1.29, 1.82) is 0 Å². The van der Waals surface area contributed by atoms with Crippen LogP contribution in [-0.4, -0.2) is 7.05 Å². The monoisotopic (exact) mass is 349 g/mol. The smallest absolute Gasteiger partial charge is 0.134 e. The molecule has 1 aromatic carbocycles. The molecule has 104 valence electrons. The SMILES string of the molecule is CNC(Cc1sccc1Br)c1cc2cc(C)ccc2o1. The van der Waals surface area contributed by atoms with Gasteiger partial charge in [0.15, 0.2) is 0 Å². The quantitative estimate of drug-likeness (QED) is 0.711. The van der Waals surface area contributed by atoms with Crippen LogP contribution in [0.2, 0.25) is 0 Å². The Labute approximate surface area is 130 Å². The molecule has 0 fully saturated rings. The molecule has 0 spiro atoms. The van der Waals surface area contributed by atoms with E-state index in [4.69, 9.17) is 4.42 Å². The van der Waals surface area contributed by atoms with Gasteiger partial charge in [-0.1, -0.05) is 11.6 Å². The third kappa shape index (κ3) is 2.68. The number of benzene rings is 1. The van der Waals surface area contributed by atoms with Crippen molar-refractivity contribution in [1.82, 2.24) is 5.32 Å². The summed E-state index contributed by atoms with van der Waals surface area (Å²) in [6.07, 6.45) is 0.924. The third-order valence-electron chi connectivity index (χ3n) is 3.46. The van der Waals surface area contributed by atoms with E-state index in [9.17, 15) is 0 Å². The molecule has 2 aromatic heterocycles. The summed E-state index contributed by atoms with van der Waals surface area (Å²) in [6.45, 7) is 2.10. The van der Waals surface area contributed by atoms with Gasteiger partial charge in [0, 0.05) is 21.2 Å². The first-order valence-electron chi connectivity index (χ1n) is 6.56. The lowest BCUT2D eigenvalue weighted by molar-refractivity contribution is 0.452. The molecule has 1 atom stereocenters. The molecule has 20 heavy (non-hydrogen) atoms. The molecule has 0 saturated heterocycles. The minimum atomic E-state index is 0.192. The van der Waals surface area contributed by atoms with Crippen molar-refractivity contribution < 1.29 is 4.42 Å². The van der Waals surface area contributed by atoms with Crippen LogP contribution >= 0.6 is 27.3 Å². The molecule has 1 unspecified atom stereocenters. The van der Waals surface area contributed by atoms with E-state index in [1.165, 1.54) is 20.3 Å². The van der Waals surface area contributed by atoms with Gasteiger partial charge in [-0.3, -0.25) is 0 Å². The van der Waals surface area contributed by atoms with Gasteiger partial charge in [-0.15, -0.1) is 11.3 Å². The van der Waals surface area contributed by atoms with E-state index in [1.54, 1.807) is 11.3 Å². The number of furan rings is 1. The molecular weight excluding hydrogens is 334 g/mol. The Balaban J connectivity index is 1.92. The molecule has 2 heterocycles. The van der Waals surface area contributed by atoms with Crippen LogP contribution in [0.4, 0.5) is 0 Å². The minimum Gasteiger partial charge on any atom is -0.459 e. The van der Waals surface area contributed by atoms with E-state index in [2.05, 4.69) is 57.8 Å². The Bertz CT molecular complexity index is 731. The maximum atomic E-state index is 5.99. The topological polar surface area (TPSA) is 25.2 Å². The summed E-state index contributed by atoms with van der Waals surface area (Å²) in [7, 11) is 1.98. The zero-order valence-corrected chi connectivity index (χ0v) is 13.8. The highest BCUT2D eigenvalue weighted by molar-refractivity contribution is 9.10. The predicted molar refractivity (Wildman–Crippen MR) is 88.5 cm³/mol. The molecule has 0 bridgehead atoms. The maximum absolute atomic E-state index is 5.99. The third-order valence-corrected chi connectivity index (χ3v) is 5.41. The van der Waals surface area contributed by atoms with Crippen LogP contribution in [0.25, 0.3) is 11.0 Å².